The Labute approximate surface area is 159 Å². The van der Waals surface area contributed by atoms with Gasteiger partial charge in [-0.3, -0.25) is 9.59 Å². The second kappa shape index (κ2) is 12.3. The highest BCUT2D eigenvalue weighted by Crippen LogP contribution is 2.32. The summed E-state index contributed by atoms with van der Waals surface area (Å²) < 4.78 is 11.2. The molecular weight excluding hydrogens is 328 g/mol. The van der Waals surface area contributed by atoms with Gasteiger partial charge in [-0.2, -0.15) is 0 Å². The summed E-state index contributed by atoms with van der Waals surface area (Å²) in [6.07, 6.45) is 16.1. The molecule has 2 rings (SSSR count). The summed E-state index contributed by atoms with van der Waals surface area (Å²) in [5, 5.41) is 0. The lowest BCUT2D eigenvalue weighted by molar-refractivity contribution is -0.159. The van der Waals surface area contributed by atoms with Crippen LogP contribution in [0.1, 0.15) is 103 Å². The summed E-state index contributed by atoms with van der Waals surface area (Å²) >= 11 is 0. The van der Waals surface area contributed by atoms with Crippen molar-refractivity contribution in [1.29, 1.82) is 0 Å². The van der Waals surface area contributed by atoms with Gasteiger partial charge < -0.3 is 9.47 Å². The standard InChI is InChI=1S/C22H38O4/c1-2-3-4-5-6-10-16-25-21(23)18-12-11-13-19(17-18)22(24)26-20-14-8-7-9-15-20/h18-20H,2-17H2,1H3. The minimum absolute atomic E-state index is 0.0784. The second-order valence-corrected chi connectivity index (χ2v) is 8.19. The third-order valence-electron chi connectivity index (χ3n) is 5.92. The van der Waals surface area contributed by atoms with E-state index in [0.29, 0.717) is 13.0 Å². The quantitative estimate of drug-likeness (QED) is 0.374. The number of carbonyl (C=O) groups is 2. The molecule has 2 aliphatic rings. The molecule has 0 spiro atoms. The molecule has 150 valence electrons. The molecule has 0 aromatic heterocycles. The zero-order valence-corrected chi connectivity index (χ0v) is 16.7. The average Bonchev–Trinajstić information content (AvgIpc) is 2.68. The normalized spacial score (nSPS) is 24.2. The Morgan fingerprint density at radius 1 is 0.769 bits per heavy atom. The van der Waals surface area contributed by atoms with Crippen molar-refractivity contribution < 1.29 is 19.1 Å². The number of unbranched alkanes of at least 4 members (excludes halogenated alkanes) is 5. The molecule has 0 N–H and O–H groups in total. The van der Waals surface area contributed by atoms with Gasteiger partial charge in [-0.05, 0) is 51.4 Å². The number of carbonyl (C=O) groups excluding carboxylic acids is 2. The van der Waals surface area contributed by atoms with E-state index >= 15 is 0 Å². The van der Waals surface area contributed by atoms with Crippen LogP contribution >= 0.6 is 0 Å². The molecular formula is C22H38O4. The number of ether oxygens (including phenoxy) is 2. The van der Waals surface area contributed by atoms with E-state index in [2.05, 4.69) is 6.92 Å². The maximum absolute atomic E-state index is 12.4. The van der Waals surface area contributed by atoms with Crippen LogP contribution in [0, 0.1) is 11.8 Å². The summed E-state index contributed by atoms with van der Waals surface area (Å²) in [6.45, 7) is 2.74. The zero-order chi connectivity index (χ0) is 18.6. The lowest BCUT2D eigenvalue weighted by atomic mass is 9.81. The Morgan fingerprint density at radius 2 is 1.42 bits per heavy atom. The van der Waals surface area contributed by atoms with Gasteiger partial charge >= 0.3 is 11.9 Å². The molecule has 0 amide bonds. The third kappa shape index (κ3) is 7.67. The number of hydrogen-bond acceptors (Lipinski definition) is 4. The van der Waals surface area contributed by atoms with Crippen molar-refractivity contribution >= 4 is 11.9 Å². The first-order valence-electron chi connectivity index (χ1n) is 11.1. The summed E-state index contributed by atoms with van der Waals surface area (Å²) in [4.78, 5) is 24.8. The van der Waals surface area contributed by atoms with Gasteiger partial charge in [-0.25, -0.2) is 0 Å². The van der Waals surface area contributed by atoms with Crippen LogP contribution in [0.5, 0.6) is 0 Å². The maximum atomic E-state index is 12.4. The van der Waals surface area contributed by atoms with Gasteiger partial charge in [-0.1, -0.05) is 51.9 Å². The molecule has 0 aromatic carbocycles. The Morgan fingerprint density at radius 3 is 2.15 bits per heavy atom. The SMILES string of the molecule is CCCCCCCCOC(=O)C1CCCC(C(=O)OC2CCCCC2)C1. The third-order valence-corrected chi connectivity index (χ3v) is 5.92. The lowest BCUT2D eigenvalue weighted by Gasteiger charge is -2.29. The van der Waals surface area contributed by atoms with E-state index in [9.17, 15) is 9.59 Å². The number of hydrogen-bond donors (Lipinski definition) is 0. The van der Waals surface area contributed by atoms with Crippen LogP contribution in [0.25, 0.3) is 0 Å². The monoisotopic (exact) mass is 366 g/mol. The molecule has 0 heterocycles. The molecule has 2 saturated carbocycles. The van der Waals surface area contributed by atoms with E-state index in [4.69, 9.17) is 9.47 Å². The van der Waals surface area contributed by atoms with Crippen molar-refractivity contribution in [3.05, 3.63) is 0 Å². The van der Waals surface area contributed by atoms with Gasteiger partial charge in [0.15, 0.2) is 0 Å². The summed E-state index contributed by atoms with van der Waals surface area (Å²) in [5.41, 5.74) is 0. The van der Waals surface area contributed by atoms with Gasteiger partial charge in [-0.15, -0.1) is 0 Å². The Balaban J connectivity index is 1.63. The molecule has 2 atom stereocenters. The van der Waals surface area contributed by atoms with Crippen LogP contribution in [0.15, 0.2) is 0 Å². The van der Waals surface area contributed by atoms with Crippen LogP contribution in [-0.2, 0) is 19.1 Å². The van der Waals surface area contributed by atoms with Gasteiger partial charge in [0.2, 0.25) is 0 Å². The minimum atomic E-state index is -0.118. The topological polar surface area (TPSA) is 52.6 Å². The van der Waals surface area contributed by atoms with Crippen molar-refractivity contribution in [3.63, 3.8) is 0 Å². The van der Waals surface area contributed by atoms with Crippen LogP contribution in [0.4, 0.5) is 0 Å². The van der Waals surface area contributed by atoms with E-state index in [1.54, 1.807) is 0 Å². The Bertz CT molecular complexity index is 414. The molecule has 0 aromatic rings. The van der Waals surface area contributed by atoms with Crippen LogP contribution in [-0.4, -0.2) is 24.6 Å². The van der Waals surface area contributed by atoms with Crippen molar-refractivity contribution in [2.75, 3.05) is 6.61 Å². The fourth-order valence-electron chi connectivity index (χ4n) is 4.23. The van der Waals surface area contributed by atoms with Crippen molar-refractivity contribution in [2.24, 2.45) is 11.8 Å². The first kappa shape index (κ1) is 21.2. The van der Waals surface area contributed by atoms with Crippen molar-refractivity contribution in [2.45, 2.75) is 109 Å². The zero-order valence-electron chi connectivity index (χ0n) is 16.7. The highest BCUT2D eigenvalue weighted by atomic mass is 16.5. The molecule has 0 aliphatic heterocycles. The van der Waals surface area contributed by atoms with E-state index in [1.807, 2.05) is 0 Å². The smallest absolute Gasteiger partial charge is 0.309 e. The lowest BCUT2D eigenvalue weighted by Crippen LogP contribution is -2.32. The van der Waals surface area contributed by atoms with Gasteiger partial charge in [0.05, 0.1) is 18.4 Å². The molecule has 0 saturated heterocycles. The fraction of sp³-hybridized carbons (Fsp3) is 0.909. The average molecular weight is 367 g/mol. The summed E-state index contributed by atoms with van der Waals surface area (Å²) in [5.74, 6) is -0.413. The minimum Gasteiger partial charge on any atom is -0.465 e. The highest BCUT2D eigenvalue weighted by molar-refractivity contribution is 5.76. The number of rotatable bonds is 10. The first-order valence-corrected chi connectivity index (χ1v) is 11.1. The van der Waals surface area contributed by atoms with Crippen LogP contribution in [0.2, 0.25) is 0 Å². The predicted molar refractivity (Wildman–Crippen MR) is 103 cm³/mol. The number of esters is 2. The van der Waals surface area contributed by atoms with Crippen molar-refractivity contribution in [1.82, 2.24) is 0 Å². The van der Waals surface area contributed by atoms with Gasteiger partial charge in [0.25, 0.3) is 0 Å². The Hall–Kier alpha value is -1.06. The fourth-order valence-corrected chi connectivity index (χ4v) is 4.23. The molecule has 2 fully saturated rings. The first-order chi connectivity index (χ1) is 12.7. The predicted octanol–water partition coefficient (Wildman–Crippen LogP) is 5.57. The summed E-state index contributed by atoms with van der Waals surface area (Å²) in [7, 11) is 0. The van der Waals surface area contributed by atoms with Crippen molar-refractivity contribution in [3.8, 4) is 0 Å². The van der Waals surface area contributed by atoms with Gasteiger partial charge in [0, 0.05) is 0 Å². The van der Waals surface area contributed by atoms with Crippen LogP contribution < -0.4 is 0 Å². The van der Waals surface area contributed by atoms with E-state index in [0.717, 1.165) is 57.8 Å². The van der Waals surface area contributed by atoms with E-state index in [-0.39, 0.29) is 29.9 Å². The summed E-state index contributed by atoms with van der Waals surface area (Å²) in [6, 6.07) is 0. The molecule has 2 unspecified atom stereocenters. The molecule has 26 heavy (non-hydrogen) atoms. The van der Waals surface area contributed by atoms with Gasteiger partial charge in [0.1, 0.15) is 6.10 Å². The maximum Gasteiger partial charge on any atom is 0.309 e. The van der Waals surface area contributed by atoms with Crippen LogP contribution in [0.3, 0.4) is 0 Å². The van der Waals surface area contributed by atoms with E-state index in [1.165, 1.54) is 32.1 Å². The molecule has 0 bridgehead atoms. The highest BCUT2D eigenvalue weighted by Gasteiger charge is 2.34. The molecule has 4 heteroatoms. The second-order valence-electron chi connectivity index (χ2n) is 8.19. The molecule has 4 nitrogen and oxygen atoms in total. The largest absolute Gasteiger partial charge is 0.465 e. The molecule has 2 aliphatic carbocycles. The van der Waals surface area contributed by atoms with E-state index < -0.39 is 0 Å². The molecule has 0 radical (unpaired) electrons. The Kier molecular flexibility index (Phi) is 10.1.